The van der Waals surface area contributed by atoms with Gasteiger partial charge in [0.25, 0.3) is 0 Å². The summed E-state index contributed by atoms with van der Waals surface area (Å²) >= 11 is 0. The van der Waals surface area contributed by atoms with E-state index in [1.165, 1.54) is 0 Å². The maximum atomic E-state index is 5.29. The zero-order valence-corrected chi connectivity index (χ0v) is 6.83. The first kappa shape index (κ1) is 8.16. The Labute approximate surface area is 67.2 Å². The smallest absolute Gasteiger partial charge is 0.189 e. The van der Waals surface area contributed by atoms with E-state index >= 15 is 0 Å². The first-order valence-electron chi connectivity index (χ1n) is 3.66. The normalized spacial score (nSPS) is 27.1. The van der Waals surface area contributed by atoms with Crippen molar-refractivity contribution in [1.29, 1.82) is 0 Å². The molecule has 0 bridgehead atoms. The van der Waals surface area contributed by atoms with Crippen molar-refractivity contribution in [3.05, 3.63) is 11.8 Å². The van der Waals surface area contributed by atoms with Gasteiger partial charge in [-0.05, 0) is 5.92 Å². The Morgan fingerprint density at radius 3 is 3.00 bits per heavy atom. The summed E-state index contributed by atoms with van der Waals surface area (Å²) in [5.41, 5.74) is 0. The summed E-state index contributed by atoms with van der Waals surface area (Å²) < 4.78 is 10.5. The van der Waals surface area contributed by atoms with E-state index in [9.17, 15) is 0 Å². The predicted molar refractivity (Wildman–Crippen MR) is 42.6 cm³/mol. The van der Waals surface area contributed by atoms with Gasteiger partial charge in [-0.2, -0.15) is 0 Å². The van der Waals surface area contributed by atoms with Crippen LogP contribution in [0.3, 0.4) is 0 Å². The Morgan fingerprint density at radius 1 is 1.73 bits per heavy atom. The van der Waals surface area contributed by atoms with Crippen LogP contribution in [-0.2, 0) is 9.47 Å². The minimum absolute atomic E-state index is 0.0473. The summed E-state index contributed by atoms with van der Waals surface area (Å²) in [5.74, 6) is 3.62. The molecule has 2 heteroatoms. The predicted octanol–water partition coefficient (Wildman–Crippen LogP) is 1.53. The molecule has 1 fully saturated rings. The number of hydrogen-bond donors (Lipinski definition) is 0. The molecule has 1 atom stereocenters. The number of allylic oxidation sites excluding steroid dienone is 1. The summed E-state index contributed by atoms with van der Waals surface area (Å²) in [7, 11) is 0. The molecule has 1 aliphatic rings. The molecule has 0 radical (unpaired) electrons. The number of ether oxygens (including phenoxy) is 2. The van der Waals surface area contributed by atoms with Crippen LogP contribution in [0.25, 0.3) is 0 Å². The van der Waals surface area contributed by atoms with Gasteiger partial charge in [0.2, 0.25) is 0 Å². The van der Waals surface area contributed by atoms with E-state index in [1.54, 1.807) is 6.08 Å². The van der Waals surface area contributed by atoms with Crippen LogP contribution >= 0.6 is 0 Å². The van der Waals surface area contributed by atoms with E-state index in [0.717, 1.165) is 5.76 Å². The van der Waals surface area contributed by atoms with Crippen LogP contribution in [0, 0.1) is 18.3 Å². The van der Waals surface area contributed by atoms with Crippen molar-refractivity contribution < 1.29 is 9.47 Å². The van der Waals surface area contributed by atoms with E-state index in [4.69, 9.17) is 15.9 Å². The second-order valence-electron chi connectivity index (χ2n) is 2.81. The monoisotopic (exact) mass is 152 g/mol. The quantitative estimate of drug-likeness (QED) is 0.530. The van der Waals surface area contributed by atoms with Gasteiger partial charge >= 0.3 is 0 Å². The highest BCUT2D eigenvalue weighted by atomic mass is 16.7. The molecule has 1 aliphatic heterocycles. The minimum atomic E-state index is 0.0473. The molecule has 0 aromatic heterocycles. The fraction of sp³-hybridized carbons (Fsp3) is 0.556. The Kier molecular flexibility index (Phi) is 2.56. The van der Waals surface area contributed by atoms with Crippen molar-refractivity contribution >= 4 is 0 Å². The second kappa shape index (κ2) is 3.45. The molecule has 0 aliphatic carbocycles. The first-order valence-corrected chi connectivity index (χ1v) is 3.66. The van der Waals surface area contributed by atoms with Crippen LogP contribution < -0.4 is 0 Å². The number of rotatable bonds is 1. The van der Waals surface area contributed by atoms with Crippen LogP contribution in [0.5, 0.6) is 0 Å². The topological polar surface area (TPSA) is 18.5 Å². The summed E-state index contributed by atoms with van der Waals surface area (Å²) in [4.78, 5) is 0. The van der Waals surface area contributed by atoms with Crippen LogP contribution in [0.4, 0.5) is 0 Å². The van der Waals surface area contributed by atoms with Crippen LogP contribution in [0.1, 0.15) is 13.8 Å². The molecule has 11 heavy (non-hydrogen) atoms. The fourth-order valence-electron chi connectivity index (χ4n) is 1.07. The lowest BCUT2D eigenvalue weighted by atomic mass is 10.1. The van der Waals surface area contributed by atoms with Crippen molar-refractivity contribution in [2.75, 3.05) is 6.79 Å². The van der Waals surface area contributed by atoms with Gasteiger partial charge in [-0.3, -0.25) is 0 Å². The van der Waals surface area contributed by atoms with E-state index in [2.05, 4.69) is 19.8 Å². The summed E-state index contributed by atoms with van der Waals surface area (Å²) in [6.07, 6.45) is 6.78. The summed E-state index contributed by atoms with van der Waals surface area (Å²) in [5, 5.41) is 0. The highest BCUT2D eigenvalue weighted by Gasteiger charge is 2.25. The molecule has 0 aromatic rings. The van der Waals surface area contributed by atoms with Crippen LogP contribution in [0.15, 0.2) is 11.8 Å². The van der Waals surface area contributed by atoms with E-state index < -0.39 is 0 Å². The van der Waals surface area contributed by atoms with E-state index in [-0.39, 0.29) is 6.10 Å². The molecule has 1 rings (SSSR count). The van der Waals surface area contributed by atoms with Crippen LogP contribution in [-0.4, -0.2) is 12.9 Å². The SMILES string of the molecule is C#CC=C1OCOC1C(C)C. The van der Waals surface area contributed by atoms with Gasteiger partial charge in [-0.15, -0.1) is 6.42 Å². The largest absolute Gasteiger partial charge is 0.468 e. The third-order valence-corrected chi connectivity index (χ3v) is 1.58. The Hall–Kier alpha value is -0.940. The highest BCUT2D eigenvalue weighted by Crippen LogP contribution is 2.22. The third kappa shape index (κ3) is 1.75. The van der Waals surface area contributed by atoms with Gasteiger partial charge in [0, 0.05) is 6.08 Å². The van der Waals surface area contributed by atoms with Gasteiger partial charge in [0.05, 0.1) is 0 Å². The van der Waals surface area contributed by atoms with Crippen molar-refractivity contribution in [1.82, 2.24) is 0 Å². The summed E-state index contributed by atoms with van der Waals surface area (Å²) in [6.45, 7) is 4.48. The average molecular weight is 152 g/mol. The molecule has 1 unspecified atom stereocenters. The van der Waals surface area contributed by atoms with Crippen molar-refractivity contribution in [3.63, 3.8) is 0 Å². The summed E-state index contributed by atoms with van der Waals surface area (Å²) in [6, 6.07) is 0. The molecule has 0 N–H and O–H groups in total. The first-order chi connectivity index (χ1) is 5.25. The molecule has 0 spiro atoms. The molecule has 0 aromatic carbocycles. The standard InChI is InChI=1S/C9H12O2/c1-4-5-8-9(7(2)3)11-6-10-8/h1,5,7,9H,6H2,2-3H3. The molecule has 1 saturated heterocycles. The highest BCUT2D eigenvalue weighted by molar-refractivity contribution is 5.17. The lowest BCUT2D eigenvalue weighted by molar-refractivity contribution is 0.0345. The van der Waals surface area contributed by atoms with Gasteiger partial charge in [0.15, 0.2) is 6.79 Å². The van der Waals surface area contributed by atoms with Crippen molar-refractivity contribution in [3.8, 4) is 12.3 Å². The van der Waals surface area contributed by atoms with Gasteiger partial charge in [0.1, 0.15) is 11.9 Å². The Balaban J connectivity index is 2.67. The Morgan fingerprint density at radius 2 is 2.45 bits per heavy atom. The van der Waals surface area contributed by atoms with E-state index in [1.807, 2.05) is 0 Å². The molecular weight excluding hydrogens is 140 g/mol. The van der Waals surface area contributed by atoms with E-state index in [0.29, 0.717) is 12.7 Å². The molecule has 1 heterocycles. The molecular formula is C9H12O2. The van der Waals surface area contributed by atoms with Gasteiger partial charge < -0.3 is 9.47 Å². The van der Waals surface area contributed by atoms with Crippen LogP contribution in [0.2, 0.25) is 0 Å². The molecule has 2 nitrogen and oxygen atoms in total. The second-order valence-corrected chi connectivity index (χ2v) is 2.81. The molecule has 60 valence electrons. The average Bonchev–Trinajstić information content (AvgIpc) is 2.36. The van der Waals surface area contributed by atoms with Crippen molar-refractivity contribution in [2.45, 2.75) is 20.0 Å². The molecule has 0 saturated carbocycles. The minimum Gasteiger partial charge on any atom is -0.468 e. The zero-order valence-electron chi connectivity index (χ0n) is 6.83. The van der Waals surface area contributed by atoms with Gasteiger partial charge in [-0.25, -0.2) is 0 Å². The maximum absolute atomic E-state index is 5.29. The maximum Gasteiger partial charge on any atom is 0.189 e. The molecule has 0 amide bonds. The number of hydrogen-bond acceptors (Lipinski definition) is 2. The third-order valence-electron chi connectivity index (χ3n) is 1.58. The van der Waals surface area contributed by atoms with Gasteiger partial charge in [-0.1, -0.05) is 19.8 Å². The van der Waals surface area contributed by atoms with Crippen molar-refractivity contribution in [2.24, 2.45) is 5.92 Å². The lowest BCUT2D eigenvalue weighted by Crippen LogP contribution is -2.15. The fourth-order valence-corrected chi connectivity index (χ4v) is 1.07. The Bertz CT molecular complexity index is 198. The number of terminal acetylenes is 1. The zero-order chi connectivity index (χ0) is 8.27. The lowest BCUT2D eigenvalue weighted by Gasteiger charge is -2.11.